The smallest absolute Gasteiger partial charge is 0.341 e. The van der Waals surface area contributed by atoms with E-state index in [0.29, 0.717) is 39.4 Å². The Morgan fingerprint density at radius 1 is 1.08 bits per heavy atom. The molecule has 0 spiro atoms. The molecule has 11 heteroatoms. The van der Waals surface area contributed by atoms with Crippen molar-refractivity contribution in [1.82, 2.24) is 14.8 Å². The van der Waals surface area contributed by atoms with Gasteiger partial charge in [-0.15, -0.1) is 28.1 Å². The first-order valence-electron chi connectivity index (χ1n) is 11.9. The molecule has 0 saturated heterocycles. The standard InChI is InChI=1S/C28H28N4O5S2/c1-5-14-32-23(15-37-21-10-6-18(2)7-11-21)30-31-28(32)39-17-24(33)29-26-25(27(34)36-4)22(16-38-26)19-8-12-20(35-3)13-9-19/h5-13,16H,1,14-15,17H2,2-4H3,(H,29,33). The maximum Gasteiger partial charge on any atom is 0.341 e. The van der Waals surface area contributed by atoms with Crippen molar-refractivity contribution in [3.63, 3.8) is 0 Å². The Hall–Kier alpha value is -4.09. The topological polar surface area (TPSA) is 105 Å². The largest absolute Gasteiger partial charge is 0.497 e. The monoisotopic (exact) mass is 564 g/mol. The lowest BCUT2D eigenvalue weighted by molar-refractivity contribution is -0.113. The van der Waals surface area contributed by atoms with Crippen LogP contribution in [0, 0.1) is 6.92 Å². The minimum absolute atomic E-state index is 0.0600. The predicted octanol–water partition coefficient (Wildman–Crippen LogP) is 5.61. The molecule has 0 fully saturated rings. The molecule has 0 bridgehead atoms. The number of thioether (sulfide) groups is 1. The van der Waals surface area contributed by atoms with E-state index in [1.165, 1.54) is 30.2 Å². The Labute approximate surface area is 234 Å². The molecule has 2 aromatic heterocycles. The number of ether oxygens (including phenoxy) is 3. The Morgan fingerprint density at radius 2 is 1.79 bits per heavy atom. The van der Waals surface area contributed by atoms with Crippen LogP contribution in [0.25, 0.3) is 11.1 Å². The number of carbonyl (C=O) groups is 2. The Balaban J connectivity index is 1.44. The number of aryl methyl sites for hydroxylation is 1. The van der Waals surface area contributed by atoms with Gasteiger partial charge >= 0.3 is 5.97 Å². The number of allylic oxidation sites excluding steroid dienone is 1. The molecule has 0 saturated carbocycles. The highest BCUT2D eigenvalue weighted by atomic mass is 32.2. The van der Waals surface area contributed by atoms with Gasteiger partial charge in [-0.2, -0.15) is 0 Å². The fraction of sp³-hybridized carbons (Fsp3) is 0.214. The second-order valence-electron chi connectivity index (χ2n) is 8.31. The number of hydrogen-bond acceptors (Lipinski definition) is 9. The maximum atomic E-state index is 12.9. The van der Waals surface area contributed by atoms with Crippen LogP contribution in [-0.4, -0.2) is 46.6 Å². The zero-order chi connectivity index (χ0) is 27.8. The number of rotatable bonds is 12. The van der Waals surface area contributed by atoms with Gasteiger partial charge in [0.2, 0.25) is 5.91 Å². The average molecular weight is 565 g/mol. The van der Waals surface area contributed by atoms with Crippen molar-refractivity contribution in [1.29, 1.82) is 0 Å². The molecule has 39 heavy (non-hydrogen) atoms. The number of methoxy groups -OCH3 is 2. The highest BCUT2D eigenvalue weighted by Crippen LogP contribution is 2.37. The number of aromatic nitrogens is 3. The Morgan fingerprint density at radius 3 is 2.46 bits per heavy atom. The second-order valence-corrected chi connectivity index (χ2v) is 10.1. The molecule has 2 aromatic carbocycles. The Kier molecular flexibility index (Phi) is 9.40. The first-order chi connectivity index (χ1) is 18.9. The van der Waals surface area contributed by atoms with Gasteiger partial charge in [0.15, 0.2) is 11.0 Å². The van der Waals surface area contributed by atoms with Crippen LogP contribution in [0.1, 0.15) is 21.7 Å². The second kappa shape index (κ2) is 13.1. The lowest BCUT2D eigenvalue weighted by atomic mass is 10.0. The first-order valence-corrected chi connectivity index (χ1v) is 13.8. The molecule has 9 nitrogen and oxygen atoms in total. The highest BCUT2D eigenvalue weighted by molar-refractivity contribution is 7.99. The van der Waals surface area contributed by atoms with E-state index in [2.05, 4.69) is 22.1 Å². The molecule has 2 heterocycles. The lowest BCUT2D eigenvalue weighted by Crippen LogP contribution is -2.16. The zero-order valence-electron chi connectivity index (χ0n) is 21.8. The summed E-state index contributed by atoms with van der Waals surface area (Å²) in [5.41, 5.74) is 2.92. The van der Waals surface area contributed by atoms with Gasteiger partial charge in [-0.3, -0.25) is 9.36 Å². The summed E-state index contributed by atoms with van der Waals surface area (Å²) >= 11 is 2.49. The van der Waals surface area contributed by atoms with Gasteiger partial charge in [0.25, 0.3) is 0 Å². The van der Waals surface area contributed by atoms with Crippen molar-refractivity contribution in [3.05, 3.63) is 83.5 Å². The highest BCUT2D eigenvalue weighted by Gasteiger charge is 2.23. The van der Waals surface area contributed by atoms with Crippen LogP contribution in [0.15, 0.2) is 71.7 Å². The van der Waals surface area contributed by atoms with Crippen LogP contribution < -0.4 is 14.8 Å². The van der Waals surface area contributed by atoms with Gasteiger partial charge < -0.3 is 19.5 Å². The fourth-order valence-electron chi connectivity index (χ4n) is 3.66. The van der Waals surface area contributed by atoms with Gasteiger partial charge in [0.05, 0.1) is 20.0 Å². The molecule has 0 radical (unpaired) electrons. The van der Waals surface area contributed by atoms with Gasteiger partial charge in [0, 0.05) is 17.5 Å². The SMILES string of the molecule is C=CCn1c(COc2ccc(C)cc2)nnc1SCC(=O)Nc1scc(-c2ccc(OC)cc2)c1C(=O)OC. The number of nitrogens with one attached hydrogen (secondary N) is 1. The summed E-state index contributed by atoms with van der Waals surface area (Å²) in [6, 6.07) is 15.1. The normalized spacial score (nSPS) is 10.6. The van der Waals surface area contributed by atoms with Crippen LogP contribution in [0.4, 0.5) is 5.00 Å². The van der Waals surface area contributed by atoms with Crippen LogP contribution in [0.2, 0.25) is 0 Å². The molecule has 0 atom stereocenters. The number of carbonyl (C=O) groups excluding carboxylic acids is 2. The molecule has 4 rings (SSSR count). The molecular formula is C28H28N4O5S2. The predicted molar refractivity (Wildman–Crippen MR) is 153 cm³/mol. The lowest BCUT2D eigenvalue weighted by Gasteiger charge is -2.10. The number of nitrogens with zero attached hydrogens (tertiary/aromatic N) is 3. The van der Waals surface area contributed by atoms with E-state index in [0.717, 1.165) is 16.9 Å². The number of amides is 1. The number of hydrogen-bond donors (Lipinski definition) is 1. The van der Waals surface area contributed by atoms with Crippen LogP contribution in [-0.2, 0) is 22.7 Å². The van der Waals surface area contributed by atoms with Gasteiger partial charge in [0.1, 0.15) is 28.7 Å². The quantitative estimate of drug-likeness (QED) is 0.135. The Bertz CT molecular complexity index is 1450. The summed E-state index contributed by atoms with van der Waals surface area (Å²) in [6.45, 7) is 6.51. The number of benzene rings is 2. The summed E-state index contributed by atoms with van der Waals surface area (Å²) < 4.78 is 17.9. The van der Waals surface area contributed by atoms with Crippen molar-refractivity contribution in [3.8, 4) is 22.6 Å². The van der Waals surface area contributed by atoms with Crippen molar-refractivity contribution in [2.24, 2.45) is 0 Å². The zero-order valence-corrected chi connectivity index (χ0v) is 23.4. The van der Waals surface area contributed by atoms with Crippen molar-refractivity contribution >= 4 is 40.0 Å². The van der Waals surface area contributed by atoms with E-state index in [-0.39, 0.29) is 18.3 Å². The molecule has 0 aliphatic heterocycles. The fourth-order valence-corrected chi connectivity index (χ4v) is 5.40. The van der Waals surface area contributed by atoms with Crippen molar-refractivity contribution < 1.29 is 23.8 Å². The van der Waals surface area contributed by atoms with Gasteiger partial charge in [-0.25, -0.2) is 4.79 Å². The number of thiophene rings is 1. The summed E-state index contributed by atoms with van der Waals surface area (Å²) in [7, 11) is 2.90. The number of esters is 1. The summed E-state index contributed by atoms with van der Waals surface area (Å²) in [6.07, 6.45) is 1.73. The third kappa shape index (κ3) is 6.87. The molecule has 202 valence electrons. The molecule has 4 aromatic rings. The summed E-state index contributed by atoms with van der Waals surface area (Å²) in [5.74, 6) is 1.29. The van der Waals surface area contributed by atoms with E-state index < -0.39 is 5.97 Å². The van der Waals surface area contributed by atoms with Crippen LogP contribution in [0.3, 0.4) is 0 Å². The summed E-state index contributed by atoms with van der Waals surface area (Å²) in [4.78, 5) is 25.5. The maximum absolute atomic E-state index is 12.9. The molecular weight excluding hydrogens is 536 g/mol. The third-order valence-electron chi connectivity index (χ3n) is 5.66. The van der Waals surface area contributed by atoms with E-state index in [9.17, 15) is 9.59 Å². The molecule has 0 aliphatic carbocycles. The first kappa shape index (κ1) is 27.9. The molecule has 0 aliphatic rings. The molecule has 0 unspecified atom stereocenters. The molecule has 1 amide bonds. The third-order valence-corrected chi connectivity index (χ3v) is 7.52. The van der Waals surface area contributed by atoms with Gasteiger partial charge in [-0.1, -0.05) is 47.7 Å². The minimum atomic E-state index is -0.533. The van der Waals surface area contributed by atoms with E-state index in [1.54, 1.807) is 13.2 Å². The van der Waals surface area contributed by atoms with Crippen LogP contribution >= 0.6 is 23.1 Å². The average Bonchev–Trinajstić information content (AvgIpc) is 3.55. The van der Waals surface area contributed by atoms with E-state index >= 15 is 0 Å². The number of anilines is 1. The van der Waals surface area contributed by atoms with E-state index in [4.69, 9.17) is 14.2 Å². The van der Waals surface area contributed by atoms with Crippen molar-refractivity contribution in [2.45, 2.75) is 25.2 Å². The minimum Gasteiger partial charge on any atom is -0.497 e. The summed E-state index contributed by atoms with van der Waals surface area (Å²) in [5, 5.41) is 14.1. The van der Waals surface area contributed by atoms with Gasteiger partial charge in [-0.05, 0) is 36.8 Å². The van der Waals surface area contributed by atoms with E-state index in [1.807, 2.05) is 65.4 Å². The van der Waals surface area contributed by atoms with Crippen molar-refractivity contribution in [2.75, 3.05) is 25.3 Å². The van der Waals surface area contributed by atoms with Crippen LogP contribution in [0.5, 0.6) is 11.5 Å². The molecule has 1 N–H and O–H groups in total.